The maximum absolute atomic E-state index is 10.8. The van der Waals surface area contributed by atoms with Gasteiger partial charge in [-0.1, -0.05) is 51.0 Å². The van der Waals surface area contributed by atoms with Crippen molar-refractivity contribution in [2.45, 2.75) is 52.4 Å². The van der Waals surface area contributed by atoms with Crippen LogP contribution >= 0.6 is 0 Å². The quantitative estimate of drug-likeness (QED) is 0.377. The molecular formula is C24H26O2. The Bertz CT molecular complexity index is 1070. The SMILES string of the molecule is CCCCc1ccc2c(c1)c1cc(CCCC)cc(O)c1c1occc21. The zero-order valence-electron chi connectivity index (χ0n) is 15.6. The highest BCUT2D eigenvalue weighted by Gasteiger charge is 2.15. The minimum atomic E-state index is 0.328. The summed E-state index contributed by atoms with van der Waals surface area (Å²) < 4.78 is 5.78. The molecule has 0 aliphatic carbocycles. The van der Waals surface area contributed by atoms with Crippen LogP contribution in [0.4, 0.5) is 0 Å². The van der Waals surface area contributed by atoms with E-state index in [4.69, 9.17) is 4.42 Å². The van der Waals surface area contributed by atoms with Crippen molar-refractivity contribution in [3.63, 3.8) is 0 Å². The molecule has 4 rings (SSSR count). The van der Waals surface area contributed by atoms with E-state index in [2.05, 4.69) is 38.1 Å². The van der Waals surface area contributed by atoms with E-state index < -0.39 is 0 Å². The lowest BCUT2D eigenvalue weighted by molar-refractivity contribution is 0.480. The van der Waals surface area contributed by atoms with Crippen molar-refractivity contribution < 1.29 is 9.52 Å². The van der Waals surface area contributed by atoms with Gasteiger partial charge in [-0.2, -0.15) is 0 Å². The number of aromatic hydroxyl groups is 1. The molecular weight excluding hydrogens is 320 g/mol. The van der Waals surface area contributed by atoms with Gasteiger partial charge in [-0.3, -0.25) is 0 Å². The second-order valence-corrected chi connectivity index (χ2v) is 7.29. The third-order valence-corrected chi connectivity index (χ3v) is 5.37. The minimum absolute atomic E-state index is 0.328. The van der Waals surface area contributed by atoms with Gasteiger partial charge in [0.1, 0.15) is 11.3 Å². The fourth-order valence-corrected chi connectivity index (χ4v) is 3.96. The molecule has 0 saturated carbocycles. The number of fused-ring (bicyclic) bond motifs is 6. The molecule has 0 fully saturated rings. The molecule has 2 heteroatoms. The van der Waals surface area contributed by atoms with Gasteiger partial charge in [-0.15, -0.1) is 0 Å². The van der Waals surface area contributed by atoms with E-state index in [1.165, 1.54) is 34.7 Å². The molecule has 0 atom stereocenters. The normalized spacial score (nSPS) is 11.8. The van der Waals surface area contributed by atoms with Gasteiger partial charge in [0, 0.05) is 5.39 Å². The topological polar surface area (TPSA) is 33.4 Å². The molecule has 134 valence electrons. The summed E-state index contributed by atoms with van der Waals surface area (Å²) in [5.74, 6) is 0.328. The Kier molecular flexibility index (Phi) is 4.58. The minimum Gasteiger partial charge on any atom is -0.507 e. The molecule has 0 amide bonds. The van der Waals surface area contributed by atoms with E-state index in [0.29, 0.717) is 5.75 Å². The lowest BCUT2D eigenvalue weighted by Crippen LogP contribution is -1.90. The standard InChI is InChI=1S/C24H26O2/c1-3-5-7-16-9-10-18-19-11-12-26-24(19)23-21(20(18)13-16)14-17(8-6-4-2)15-22(23)25/h9-15,25H,3-8H2,1-2H3. The summed E-state index contributed by atoms with van der Waals surface area (Å²) in [6, 6.07) is 12.9. The largest absolute Gasteiger partial charge is 0.507 e. The van der Waals surface area contributed by atoms with Gasteiger partial charge in [0.25, 0.3) is 0 Å². The molecule has 2 nitrogen and oxygen atoms in total. The van der Waals surface area contributed by atoms with Crippen LogP contribution in [0, 0.1) is 0 Å². The number of unbranched alkanes of at least 4 members (excludes halogenated alkanes) is 2. The van der Waals surface area contributed by atoms with Crippen LogP contribution in [0.25, 0.3) is 32.5 Å². The van der Waals surface area contributed by atoms with Crippen molar-refractivity contribution in [1.82, 2.24) is 0 Å². The highest BCUT2D eigenvalue weighted by atomic mass is 16.3. The van der Waals surface area contributed by atoms with Crippen molar-refractivity contribution >= 4 is 32.5 Å². The highest BCUT2D eigenvalue weighted by Crippen LogP contribution is 2.41. The van der Waals surface area contributed by atoms with Crippen molar-refractivity contribution in [3.8, 4) is 5.75 Å². The fourth-order valence-electron chi connectivity index (χ4n) is 3.96. The molecule has 0 aliphatic rings. The summed E-state index contributed by atoms with van der Waals surface area (Å²) in [7, 11) is 0. The van der Waals surface area contributed by atoms with E-state index in [1.54, 1.807) is 6.26 Å². The second-order valence-electron chi connectivity index (χ2n) is 7.29. The highest BCUT2D eigenvalue weighted by molar-refractivity contribution is 6.25. The Balaban J connectivity index is 2.04. The molecule has 26 heavy (non-hydrogen) atoms. The lowest BCUT2D eigenvalue weighted by atomic mass is 9.93. The van der Waals surface area contributed by atoms with Crippen LogP contribution in [-0.4, -0.2) is 5.11 Å². The molecule has 3 aromatic carbocycles. The van der Waals surface area contributed by atoms with E-state index in [0.717, 1.165) is 47.4 Å². The maximum atomic E-state index is 10.8. The molecule has 0 aliphatic heterocycles. The molecule has 1 aromatic heterocycles. The van der Waals surface area contributed by atoms with Crippen LogP contribution in [0.5, 0.6) is 5.75 Å². The van der Waals surface area contributed by atoms with Gasteiger partial charge in [0.2, 0.25) is 0 Å². The number of phenols is 1. The number of rotatable bonds is 6. The molecule has 0 unspecified atom stereocenters. The summed E-state index contributed by atoms with van der Waals surface area (Å²) in [5.41, 5.74) is 3.35. The molecule has 0 saturated heterocycles. The third-order valence-electron chi connectivity index (χ3n) is 5.37. The van der Waals surface area contributed by atoms with Crippen molar-refractivity contribution in [2.24, 2.45) is 0 Å². The second kappa shape index (κ2) is 7.03. The Hall–Kier alpha value is -2.48. The number of furan rings is 1. The maximum Gasteiger partial charge on any atom is 0.146 e. The summed E-state index contributed by atoms with van der Waals surface area (Å²) in [4.78, 5) is 0. The van der Waals surface area contributed by atoms with E-state index in [-0.39, 0.29) is 0 Å². The molecule has 4 aromatic rings. The summed E-state index contributed by atoms with van der Waals surface area (Å²) in [6.07, 6.45) is 8.49. The van der Waals surface area contributed by atoms with Crippen LogP contribution < -0.4 is 0 Å². The Morgan fingerprint density at radius 2 is 1.50 bits per heavy atom. The van der Waals surface area contributed by atoms with Crippen LogP contribution in [0.3, 0.4) is 0 Å². The number of aryl methyl sites for hydroxylation is 2. The predicted molar refractivity (Wildman–Crippen MR) is 110 cm³/mol. The molecule has 1 heterocycles. The van der Waals surface area contributed by atoms with Crippen molar-refractivity contribution in [3.05, 3.63) is 53.8 Å². The number of hydrogen-bond acceptors (Lipinski definition) is 2. The smallest absolute Gasteiger partial charge is 0.146 e. The zero-order chi connectivity index (χ0) is 18.1. The Morgan fingerprint density at radius 1 is 0.769 bits per heavy atom. The van der Waals surface area contributed by atoms with Gasteiger partial charge in [0.15, 0.2) is 0 Å². The average molecular weight is 346 g/mol. The van der Waals surface area contributed by atoms with Gasteiger partial charge < -0.3 is 9.52 Å². The Labute approximate surface area is 154 Å². The fraction of sp³-hybridized carbons (Fsp3) is 0.333. The molecule has 1 N–H and O–H groups in total. The number of phenolic OH excluding ortho intramolecular Hbond substituents is 1. The van der Waals surface area contributed by atoms with Crippen LogP contribution in [0.1, 0.15) is 50.7 Å². The van der Waals surface area contributed by atoms with Gasteiger partial charge >= 0.3 is 0 Å². The average Bonchev–Trinajstić information content (AvgIpc) is 3.14. The first-order valence-corrected chi connectivity index (χ1v) is 9.80. The molecule has 0 radical (unpaired) electrons. The van der Waals surface area contributed by atoms with Crippen LogP contribution in [0.15, 0.2) is 47.1 Å². The van der Waals surface area contributed by atoms with E-state index >= 15 is 0 Å². The first kappa shape index (κ1) is 17.0. The number of hydrogen-bond donors (Lipinski definition) is 1. The monoisotopic (exact) mass is 346 g/mol. The van der Waals surface area contributed by atoms with Crippen LogP contribution in [-0.2, 0) is 12.8 Å². The summed E-state index contributed by atoms with van der Waals surface area (Å²) in [6.45, 7) is 4.42. The molecule has 0 bridgehead atoms. The first-order valence-electron chi connectivity index (χ1n) is 9.80. The zero-order valence-corrected chi connectivity index (χ0v) is 15.6. The van der Waals surface area contributed by atoms with Crippen molar-refractivity contribution in [1.29, 1.82) is 0 Å². The van der Waals surface area contributed by atoms with E-state index in [9.17, 15) is 5.11 Å². The predicted octanol–water partition coefficient (Wildman–Crippen LogP) is 7.13. The lowest BCUT2D eigenvalue weighted by Gasteiger charge is -2.12. The number of benzene rings is 3. The summed E-state index contributed by atoms with van der Waals surface area (Å²) >= 11 is 0. The summed E-state index contributed by atoms with van der Waals surface area (Å²) in [5, 5.41) is 16.2. The van der Waals surface area contributed by atoms with Crippen LogP contribution in [0.2, 0.25) is 0 Å². The molecule has 0 spiro atoms. The van der Waals surface area contributed by atoms with E-state index in [1.807, 2.05) is 12.1 Å². The van der Waals surface area contributed by atoms with Gasteiger partial charge in [-0.25, -0.2) is 0 Å². The third kappa shape index (κ3) is 2.84. The first-order chi connectivity index (χ1) is 12.7. The van der Waals surface area contributed by atoms with Crippen molar-refractivity contribution in [2.75, 3.05) is 0 Å². The Morgan fingerprint density at radius 3 is 2.27 bits per heavy atom. The van der Waals surface area contributed by atoms with Gasteiger partial charge in [0.05, 0.1) is 11.6 Å². The van der Waals surface area contributed by atoms with Gasteiger partial charge in [-0.05, 0) is 65.1 Å².